The Morgan fingerprint density at radius 2 is 1.30 bits per heavy atom. The lowest BCUT2D eigenvalue weighted by molar-refractivity contribution is 0.596. The number of hydrogen-bond donors (Lipinski definition) is 1. The second-order valence-electron chi connectivity index (χ2n) is 6.07. The zero-order valence-electron chi connectivity index (χ0n) is 14.4. The molecule has 0 aliphatic carbocycles. The van der Waals surface area contributed by atoms with Gasteiger partial charge in [0.05, 0.1) is 17.1 Å². The van der Waals surface area contributed by atoms with Gasteiger partial charge in [0.15, 0.2) is 0 Å². The van der Waals surface area contributed by atoms with Gasteiger partial charge in [-0.05, 0) is 18.2 Å². The van der Waals surface area contributed by atoms with Gasteiger partial charge >= 0.3 is 0 Å². The molecule has 5 nitrogen and oxygen atoms in total. The van der Waals surface area contributed by atoms with Crippen LogP contribution in [0.4, 0.5) is 0 Å². The lowest BCUT2D eigenvalue weighted by Gasteiger charge is -2.11. The Kier molecular flexibility index (Phi) is 4.35. The van der Waals surface area contributed by atoms with Crippen LogP contribution < -0.4 is 5.14 Å². The van der Waals surface area contributed by atoms with Gasteiger partial charge in [0.2, 0.25) is 10.0 Å². The van der Waals surface area contributed by atoms with Crippen LogP contribution in [0.2, 0.25) is 0 Å². The summed E-state index contributed by atoms with van der Waals surface area (Å²) >= 11 is 0. The van der Waals surface area contributed by atoms with Gasteiger partial charge in [-0.2, -0.15) is 5.10 Å². The highest BCUT2D eigenvalue weighted by atomic mass is 32.2. The molecule has 4 aromatic rings. The van der Waals surface area contributed by atoms with Crippen LogP contribution in [0.15, 0.2) is 95.9 Å². The maximum Gasteiger partial charge on any atom is 0.240 e. The summed E-state index contributed by atoms with van der Waals surface area (Å²) in [6.45, 7) is 0. The van der Waals surface area contributed by atoms with Crippen molar-refractivity contribution >= 4 is 10.0 Å². The number of nitrogens with zero attached hydrogens (tertiary/aromatic N) is 2. The summed E-state index contributed by atoms with van der Waals surface area (Å²) < 4.78 is 25.8. The summed E-state index contributed by atoms with van der Waals surface area (Å²) in [5, 5.41) is 10.1. The normalized spacial score (nSPS) is 11.4. The van der Waals surface area contributed by atoms with Gasteiger partial charge in [-0.25, -0.2) is 18.2 Å². The van der Waals surface area contributed by atoms with E-state index in [0.29, 0.717) is 5.69 Å². The Morgan fingerprint density at radius 1 is 0.741 bits per heavy atom. The number of hydrogen-bond acceptors (Lipinski definition) is 3. The molecule has 0 bridgehead atoms. The SMILES string of the molecule is NS(=O)(=O)c1ccccc1-n1nc(-c2ccccc2)cc1-c1ccccc1. The number of sulfonamides is 1. The highest BCUT2D eigenvalue weighted by Gasteiger charge is 2.19. The van der Waals surface area contributed by atoms with Crippen molar-refractivity contribution in [3.05, 3.63) is 91.0 Å². The number of nitrogens with two attached hydrogens (primary N) is 1. The standard InChI is InChI=1S/C21H17N3O2S/c22-27(25,26)21-14-8-7-13-19(21)24-20(17-11-5-2-6-12-17)15-18(23-24)16-9-3-1-4-10-16/h1-15H,(H2,22,25,26). The number of benzene rings is 3. The number of aromatic nitrogens is 2. The van der Waals surface area contributed by atoms with Gasteiger partial charge in [0.25, 0.3) is 0 Å². The Bertz CT molecular complexity index is 1180. The highest BCUT2D eigenvalue weighted by molar-refractivity contribution is 7.89. The molecule has 0 atom stereocenters. The van der Waals surface area contributed by atoms with Crippen LogP contribution in [0.1, 0.15) is 0 Å². The summed E-state index contributed by atoms with van der Waals surface area (Å²) in [6.07, 6.45) is 0. The molecule has 0 saturated carbocycles. The van der Waals surface area contributed by atoms with Gasteiger partial charge in [-0.3, -0.25) is 0 Å². The van der Waals surface area contributed by atoms with Crippen molar-refractivity contribution in [3.8, 4) is 28.2 Å². The molecule has 0 unspecified atom stereocenters. The van der Waals surface area contributed by atoms with E-state index < -0.39 is 10.0 Å². The Balaban J connectivity index is 2.00. The van der Waals surface area contributed by atoms with Crippen molar-refractivity contribution in [3.63, 3.8) is 0 Å². The molecule has 0 amide bonds. The molecule has 3 aromatic carbocycles. The molecular weight excluding hydrogens is 358 g/mol. The van der Waals surface area contributed by atoms with Crippen LogP contribution in [-0.2, 0) is 10.0 Å². The topological polar surface area (TPSA) is 78.0 Å². The fraction of sp³-hybridized carbons (Fsp3) is 0. The molecule has 1 heterocycles. The molecule has 2 N–H and O–H groups in total. The number of rotatable bonds is 4. The molecule has 4 rings (SSSR count). The first-order chi connectivity index (χ1) is 13.0. The zero-order chi connectivity index (χ0) is 18.9. The predicted octanol–water partition coefficient (Wildman–Crippen LogP) is 3.85. The monoisotopic (exact) mass is 375 g/mol. The molecule has 27 heavy (non-hydrogen) atoms. The average Bonchev–Trinajstić information content (AvgIpc) is 3.14. The van der Waals surface area contributed by atoms with Gasteiger partial charge in [0.1, 0.15) is 4.90 Å². The van der Waals surface area contributed by atoms with Crippen LogP contribution in [0.25, 0.3) is 28.2 Å². The highest BCUT2D eigenvalue weighted by Crippen LogP contribution is 2.30. The molecule has 134 valence electrons. The van der Waals surface area contributed by atoms with E-state index in [9.17, 15) is 8.42 Å². The first-order valence-electron chi connectivity index (χ1n) is 8.37. The minimum atomic E-state index is -3.90. The van der Waals surface area contributed by atoms with E-state index in [2.05, 4.69) is 0 Å². The third kappa shape index (κ3) is 3.40. The van der Waals surface area contributed by atoms with E-state index in [0.717, 1.165) is 22.5 Å². The number of para-hydroxylation sites is 1. The molecule has 0 radical (unpaired) electrons. The van der Waals surface area contributed by atoms with E-state index in [-0.39, 0.29) is 4.90 Å². The summed E-state index contributed by atoms with van der Waals surface area (Å²) in [6, 6.07) is 28.0. The Labute approximate surface area is 157 Å². The van der Waals surface area contributed by atoms with E-state index in [1.165, 1.54) is 6.07 Å². The van der Waals surface area contributed by atoms with Crippen LogP contribution in [0.3, 0.4) is 0 Å². The second-order valence-corrected chi connectivity index (χ2v) is 7.60. The Morgan fingerprint density at radius 3 is 1.93 bits per heavy atom. The molecule has 0 aliphatic rings. The molecule has 6 heteroatoms. The molecule has 0 saturated heterocycles. The summed E-state index contributed by atoms with van der Waals surface area (Å²) in [4.78, 5) is 0.0323. The van der Waals surface area contributed by atoms with Crippen LogP contribution in [-0.4, -0.2) is 18.2 Å². The van der Waals surface area contributed by atoms with E-state index in [1.807, 2.05) is 66.7 Å². The van der Waals surface area contributed by atoms with E-state index in [1.54, 1.807) is 22.9 Å². The number of primary sulfonamides is 1. The average molecular weight is 375 g/mol. The zero-order valence-corrected chi connectivity index (χ0v) is 15.2. The fourth-order valence-corrected chi connectivity index (χ4v) is 3.72. The van der Waals surface area contributed by atoms with E-state index >= 15 is 0 Å². The minimum absolute atomic E-state index is 0.0323. The minimum Gasteiger partial charge on any atom is -0.231 e. The van der Waals surface area contributed by atoms with Crippen molar-refractivity contribution in [2.24, 2.45) is 5.14 Å². The van der Waals surface area contributed by atoms with E-state index in [4.69, 9.17) is 10.2 Å². The molecule has 0 fully saturated rings. The largest absolute Gasteiger partial charge is 0.240 e. The lowest BCUT2D eigenvalue weighted by atomic mass is 10.1. The van der Waals surface area contributed by atoms with Gasteiger partial charge in [-0.1, -0.05) is 72.8 Å². The molecular formula is C21H17N3O2S. The summed E-state index contributed by atoms with van der Waals surface area (Å²) in [5.41, 5.74) is 3.82. The maximum atomic E-state index is 12.1. The van der Waals surface area contributed by atoms with Crippen molar-refractivity contribution in [1.29, 1.82) is 0 Å². The quantitative estimate of drug-likeness (QED) is 0.588. The lowest BCUT2D eigenvalue weighted by Crippen LogP contribution is -2.16. The molecule has 1 aromatic heterocycles. The molecule has 0 spiro atoms. The van der Waals surface area contributed by atoms with Crippen molar-refractivity contribution in [2.75, 3.05) is 0 Å². The van der Waals surface area contributed by atoms with Gasteiger partial charge < -0.3 is 0 Å². The van der Waals surface area contributed by atoms with Crippen molar-refractivity contribution in [2.45, 2.75) is 4.90 Å². The van der Waals surface area contributed by atoms with Crippen LogP contribution in [0, 0.1) is 0 Å². The Hall–Kier alpha value is -3.22. The van der Waals surface area contributed by atoms with Crippen molar-refractivity contribution in [1.82, 2.24) is 9.78 Å². The molecule has 0 aliphatic heterocycles. The third-order valence-electron chi connectivity index (χ3n) is 4.25. The fourth-order valence-electron chi connectivity index (χ4n) is 3.00. The van der Waals surface area contributed by atoms with Crippen LogP contribution >= 0.6 is 0 Å². The summed E-state index contributed by atoms with van der Waals surface area (Å²) in [7, 11) is -3.90. The predicted molar refractivity (Wildman–Crippen MR) is 106 cm³/mol. The van der Waals surface area contributed by atoms with Gasteiger partial charge in [0, 0.05) is 11.1 Å². The smallest absolute Gasteiger partial charge is 0.231 e. The van der Waals surface area contributed by atoms with Crippen LogP contribution in [0.5, 0.6) is 0 Å². The first-order valence-corrected chi connectivity index (χ1v) is 9.92. The first kappa shape index (κ1) is 17.2. The summed E-state index contributed by atoms with van der Waals surface area (Å²) in [5.74, 6) is 0. The second kappa shape index (κ2) is 6.83. The third-order valence-corrected chi connectivity index (χ3v) is 5.21. The maximum absolute atomic E-state index is 12.1. The van der Waals surface area contributed by atoms with Gasteiger partial charge in [-0.15, -0.1) is 0 Å². The van der Waals surface area contributed by atoms with Crippen molar-refractivity contribution < 1.29 is 8.42 Å².